The molecule has 0 aliphatic heterocycles. The first kappa shape index (κ1) is 13.5. The lowest BCUT2D eigenvalue weighted by Crippen LogP contribution is -2.05. The molecule has 0 bridgehead atoms. The molecule has 3 nitrogen and oxygen atoms in total. The van der Waals surface area contributed by atoms with Crippen molar-refractivity contribution in [3.8, 4) is 11.5 Å². The van der Waals surface area contributed by atoms with E-state index in [4.69, 9.17) is 10.5 Å². The van der Waals surface area contributed by atoms with Crippen LogP contribution in [-0.4, -0.2) is 4.98 Å². The fourth-order valence-electron chi connectivity index (χ4n) is 1.52. The van der Waals surface area contributed by atoms with Gasteiger partial charge in [-0.25, -0.2) is 0 Å². The van der Waals surface area contributed by atoms with Gasteiger partial charge in [0.15, 0.2) is 0 Å². The number of rotatable bonds is 3. The van der Waals surface area contributed by atoms with E-state index in [-0.39, 0.29) is 6.04 Å². The molecule has 1 aromatic heterocycles. The summed E-state index contributed by atoms with van der Waals surface area (Å²) >= 11 is 6.84. The lowest BCUT2D eigenvalue weighted by atomic mass is 10.1. The minimum atomic E-state index is -0.0130. The van der Waals surface area contributed by atoms with E-state index < -0.39 is 0 Å². The van der Waals surface area contributed by atoms with Crippen LogP contribution in [0.3, 0.4) is 0 Å². The Bertz CT molecular complexity index is 558. The summed E-state index contributed by atoms with van der Waals surface area (Å²) in [6.45, 7) is 1.94. The molecule has 18 heavy (non-hydrogen) atoms. The van der Waals surface area contributed by atoms with E-state index in [0.29, 0.717) is 5.75 Å². The minimum absolute atomic E-state index is 0.0130. The van der Waals surface area contributed by atoms with Crippen LogP contribution in [0.2, 0.25) is 0 Å². The molecule has 0 fully saturated rings. The molecule has 0 saturated heterocycles. The van der Waals surface area contributed by atoms with Gasteiger partial charge in [0.1, 0.15) is 11.5 Å². The maximum atomic E-state index is 5.85. The number of halogens is 2. The zero-order valence-electron chi connectivity index (χ0n) is 9.73. The normalized spacial score (nSPS) is 12.2. The standard InChI is InChI=1S/C13H12Br2N2O/c1-8(16)12-3-2-10(5-13(12)15)18-11-4-9(14)6-17-7-11/h2-8H,16H2,1H3. The van der Waals surface area contributed by atoms with Gasteiger partial charge in [-0.05, 0) is 46.6 Å². The van der Waals surface area contributed by atoms with Crippen molar-refractivity contribution < 1.29 is 4.74 Å². The van der Waals surface area contributed by atoms with Gasteiger partial charge < -0.3 is 10.5 Å². The predicted octanol–water partition coefficient (Wildman–Crippen LogP) is 4.42. The highest BCUT2D eigenvalue weighted by Gasteiger charge is 2.07. The molecule has 2 N–H and O–H groups in total. The third kappa shape index (κ3) is 3.31. The lowest BCUT2D eigenvalue weighted by molar-refractivity contribution is 0.479. The van der Waals surface area contributed by atoms with Gasteiger partial charge in [-0.15, -0.1) is 0 Å². The fourth-order valence-corrected chi connectivity index (χ4v) is 2.59. The number of hydrogen-bond donors (Lipinski definition) is 1. The maximum Gasteiger partial charge on any atom is 0.146 e. The van der Waals surface area contributed by atoms with Gasteiger partial charge in [0.05, 0.1) is 6.20 Å². The molecule has 5 heteroatoms. The summed E-state index contributed by atoms with van der Waals surface area (Å²) in [6.07, 6.45) is 3.38. The zero-order valence-corrected chi connectivity index (χ0v) is 12.9. The predicted molar refractivity (Wildman–Crippen MR) is 78.8 cm³/mol. The van der Waals surface area contributed by atoms with Crippen molar-refractivity contribution >= 4 is 31.9 Å². The molecule has 0 saturated carbocycles. The van der Waals surface area contributed by atoms with E-state index in [1.165, 1.54) is 0 Å². The summed E-state index contributed by atoms with van der Waals surface area (Å²) in [4.78, 5) is 4.04. The Hall–Kier alpha value is -0.910. The van der Waals surface area contributed by atoms with E-state index in [1.807, 2.05) is 31.2 Å². The largest absolute Gasteiger partial charge is 0.456 e. The molecule has 2 aromatic rings. The summed E-state index contributed by atoms with van der Waals surface area (Å²) < 4.78 is 7.53. The van der Waals surface area contributed by atoms with E-state index in [2.05, 4.69) is 36.8 Å². The van der Waals surface area contributed by atoms with Crippen molar-refractivity contribution in [3.05, 3.63) is 51.2 Å². The molecule has 1 aromatic carbocycles. The molecular formula is C13H12Br2N2O. The summed E-state index contributed by atoms with van der Waals surface area (Å²) in [6, 6.07) is 7.60. The summed E-state index contributed by atoms with van der Waals surface area (Å²) in [5.41, 5.74) is 6.90. The van der Waals surface area contributed by atoms with E-state index >= 15 is 0 Å². The quantitative estimate of drug-likeness (QED) is 0.868. The van der Waals surface area contributed by atoms with Crippen molar-refractivity contribution in [1.29, 1.82) is 0 Å². The molecule has 0 spiro atoms. The minimum Gasteiger partial charge on any atom is -0.456 e. The van der Waals surface area contributed by atoms with Crippen LogP contribution in [-0.2, 0) is 0 Å². The van der Waals surface area contributed by atoms with Crippen LogP contribution in [0.5, 0.6) is 11.5 Å². The van der Waals surface area contributed by atoms with Crippen molar-refractivity contribution in [3.63, 3.8) is 0 Å². The SMILES string of the molecule is CC(N)c1ccc(Oc2cncc(Br)c2)cc1Br. The molecule has 94 valence electrons. The monoisotopic (exact) mass is 370 g/mol. The summed E-state index contributed by atoms with van der Waals surface area (Å²) in [7, 11) is 0. The average Bonchev–Trinajstić information content (AvgIpc) is 2.28. The molecular weight excluding hydrogens is 360 g/mol. The first-order valence-corrected chi connectivity index (χ1v) is 6.98. The van der Waals surface area contributed by atoms with Gasteiger partial charge in [-0.1, -0.05) is 22.0 Å². The highest BCUT2D eigenvalue weighted by Crippen LogP contribution is 2.29. The number of hydrogen-bond acceptors (Lipinski definition) is 3. The second kappa shape index (κ2) is 5.82. The van der Waals surface area contributed by atoms with E-state index in [9.17, 15) is 0 Å². The van der Waals surface area contributed by atoms with Crippen LogP contribution < -0.4 is 10.5 Å². The third-order valence-electron chi connectivity index (χ3n) is 2.38. The second-order valence-corrected chi connectivity index (χ2v) is 5.68. The van der Waals surface area contributed by atoms with Gasteiger partial charge in [0.25, 0.3) is 0 Å². The zero-order chi connectivity index (χ0) is 13.1. The van der Waals surface area contributed by atoms with Gasteiger partial charge in [0.2, 0.25) is 0 Å². The van der Waals surface area contributed by atoms with Crippen LogP contribution in [0.1, 0.15) is 18.5 Å². The molecule has 1 unspecified atom stereocenters. The molecule has 0 amide bonds. The smallest absolute Gasteiger partial charge is 0.146 e. The van der Waals surface area contributed by atoms with Crippen molar-refractivity contribution in [1.82, 2.24) is 4.98 Å². The molecule has 0 aliphatic rings. The Morgan fingerprint density at radius 1 is 1.17 bits per heavy atom. The summed E-state index contributed by atoms with van der Waals surface area (Å²) in [5, 5.41) is 0. The van der Waals surface area contributed by atoms with Gasteiger partial charge in [0, 0.05) is 21.2 Å². The van der Waals surface area contributed by atoms with E-state index in [1.54, 1.807) is 12.4 Å². The van der Waals surface area contributed by atoms with Gasteiger partial charge in [-0.3, -0.25) is 4.98 Å². The lowest BCUT2D eigenvalue weighted by Gasteiger charge is -2.11. The molecule has 0 aliphatic carbocycles. The Kier molecular flexibility index (Phi) is 4.37. The summed E-state index contributed by atoms with van der Waals surface area (Å²) in [5.74, 6) is 1.43. The fraction of sp³-hybridized carbons (Fsp3) is 0.154. The highest BCUT2D eigenvalue weighted by molar-refractivity contribution is 9.10. The van der Waals surface area contributed by atoms with Crippen molar-refractivity contribution in [2.45, 2.75) is 13.0 Å². The van der Waals surface area contributed by atoms with Crippen LogP contribution in [0, 0.1) is 0 Å². The van der Waals surface area contributed by atoms with Crippen LogP contribution in [0.15, 0.2) is 45.6 Å². The average molecular weight is 372 g/mol. The first-order valence-electron chi connectivity index (χ1n) is 5.39. The Morgan fingerprint density at radius 2 is 1.94 bits per heavy atom. The molecule has 1 atom stereocenters. The number of pyridine rings is 1. The van der Waals surface area contributed by atoms with Crippen molar-refractivity contribution in [2.24, 2.45) is 5.73 Å². The highest BCUT2D eigenvalue weighted by atomic mass is 79.9. The maximum absolute atomic E-state index is 5.85. The van der Waals surface area contributed by atoms with E-state index in [0.717, 1.165) is 20.3 Å². The number of aromatic nitrogens is 1. The topological polar surface area (TPSA) is 48.1 Å². The van der Waals surface area contributed by atoms with Crippen LogP contribution in [0.4, 0.5) is 0 Å². The number of nitrogens with two attached hydrogens (primary N) is 1. The Labute approximate surface area is 123 Å². The van der Waals surface area contributed by atoms with Gasteiger partial charge >= 0.3 is 0 Å². The Morgan fingerprint density at radius 3 is 2.56 bits per heavy atom. The Balaban J connectivity index is 2.23. The number of benzene rings is 1. The number of nitrogens with zero attached hydrogens (tertiary/aromatic N) is 1. The number of ether oxygens (including phenoxy) is 1. The molecule has 0 radical (unpaired) electrons. The first-order chi connectivity index (χ1) is 8.56. The van der Waals surface area contributed by atoms with Gasteiger partial charge in [-0.2, -0.15) is 0 Å². The van der Waals surface area contributed by atoms with Crippen LogP contribution in [0.25, 0.3) is 0 Å². The molecule has 1 heterocycles. The van der Waals surface area contributed by atoms with Crippen LogP contribution >= 0.6 is 31.9 Å². The van der Waals surface area contributed by atoms with Crippen molar-refractivity contribution in [2.75, 3.05) is 0 Å². The molecule has 2 rings (SSSR count). The third-order valence-corrected chi connectivity index (χ3v) is 3.50. The second-order valence-electron chi connectivity index (χ2n) is 3.91.